The van der Waals surface area contributed by atoms with Crippen molar-refractivity contribution in [2.24, 2.45) is 0 Å². The van der Waals surface area contributed by atoms with Gasteiger partial charge in [-0.1, -0.05) is 19.3 Å². The average Bonchev–Trinajstić information content (AvgIpc) is 2.14. The van der Waals surface area contributed by atoms with Crippen molar-refractivity contribution in [3.05, 3.63) is 0 Å². The molecule has 0 spiro atoms. The number of aliphatic hydroxyl groups is 1. The topological polar surface area (TPSA) is 29.5 Å². The van der Waals surface area contributed by atoms with Gasteiger partial charge in [-0.15, -0.1) is 0 Å². The maximum absolute atomic E-state index is 9.03. The molecule has 0 aliphatic heterocycles. The summed E-state index contributed by atoms with van der Waals surface area (Å²) in [6.07, 6.45) is 8.75. The Kier molecular flexibility index (Phi) is 5.40. The van der Waals surface area contributed by atoms with Crippen LogP contribution in [0.15, 0.2) is 0 Å². The summed E-state index contributed by atoms with van der Waals surface area (Å²) in [4.78, 5) is 0. The van der Waals surface area contributed by atoms with Gasteiger partial charge in [0.05, 0.1) is 12.2 Å². The van der Waals surface area contributed by atoms with Crippen molar-refractivity contribution in [1.29, 1.82) is 0 Å². The summed E-state index contributed by atoms with van der Waals surface area (Å²) in [5.41, 5.74) is 0. The van der Waals surface area contributed by atoms with Gasteiger partial charge in [-0.2, -0.15) is 0 Å². The zero-order chi connectivity index (χ0) is 9.52. The lowest BCUT2D eigenvalue weighted by molar-refractivity contribution is 0.0220. The molecule has 1 fully saturated rings. The highest BCUT2D eigenvalue weighted by Gasteiger charge is 2.12. The summed E-state index contributed by atoms with van der Waals surface area (Å²) in [5.74, 6) is 0. The van der Waals surface area contributed by atoms with E-state index in [9.17, 15) is 0 Å². The first-order chi connectivity index (χ1) is 6.29. The summed E-state index contributed by atoms with van der Waals surface area (Å²) < 4.78 is 5.72. The Morgan fingerprint density at radius 3 is 2.62 bits per heavy atom. The molecule has 0 aromatic heterocycles. The van der Waals surface area contributed by atoms with E-state index < -0.39 is 0 Å². The zero-order valence-electron chi connectivity index (χ0n) is 8.67. The largest absolute Gasteiger partial charge is 0.393 e. The van der Waals surface area contributed by atoms with Crippen LogP contribution in [0, 0.1) is 0 Å². The first kappa shape index (κ1) is 11.0. The Morgan fingerprint density at radius 2 is 2.00 bits per heavy atom. The fourth-order valence-corrected chi connectivity index (χ4v) is 1.86. The highest BCUT2D eigenvalue weighted by molar-refractivity contribution is 4.65. The minimum absolute atomic E-state index is 0.171. The van der Waals surface area contributed by atoms with E-state index in [2.05, 4.69) is 0 Å². The second kappa shape index (κ2) is 6.39. The van der Waals surface area contributed by atoms with Crippen molar-refractivity contribution in [3.8, 4) is 0 Å². The summed E-state index contributed by atoms with van der Waals surface area (Å²) >= 11 is 0. The van der Waals surface area contributed by atoms with Crippen molar-refractivity contribution in [3.63, 3.8) is 0 Å². The first-order valence-corrected chi connectivity index (χ1v) is 5.58. The quantitative estimate of drug-likeness (QED) is 0.668. The molecule has 13 heavy (non-hydrogen) atoms. The van der Waals surface area contributed by atoms with Crippen LogP contribution in [-0.2, 0) is 4.74 Å². The number of hydrogen-bond donors (Lipinski definition) is 1. The molecular formula is C11H22O2. The monoisotopic (exact) mass is 186 g/mol. The van der Waals surface area contributed by atoms with Gasteiger partial charge in [0.1, 0.15) is 0 Å². The Labute approximate surface area is 81.3 Å². The Bertz CT molecular complexity index is 117. The highest BCUT2D eigenvalue weighted by Crippen LogP contribution is 2.20. The molecule has 1 N–H and O–H groups in total. The predicted octanol–water partition coefficient (Wildman–Crippen LogP) is 2.50. The van der Waals surface area contributed by atoms with Gasteiger partial charge in [0.25, 0.3) is 0 Å². The van der Waals surface area contributed by atoms with Crippen LogP contribution >= 0.6 is 0 Å². The second-order valence-electron chi connectivity index (χ2n) is 4.12. The van der Waals surface area contributed by atoms with Crippen LogP contribution in [-0.4, -0.2) is 23.9 Å². The lowest BCUT2D eigenvalue weighted by Gasteiger charge is -2.22. The van der Waals surface area contributed by atoms with Crippen LogP contribution in [0.3, 0.4) is 0 Å². The minimum Gasteiger partial charge on any atom is -0.393 e. The van der Waals surface area contributed by atoms with Gasteiger partial charge in [0.15, 0.2) is 0 Å². The van der Waals surface area contributed by atoms with Gasteiger partial charge in [0, 0.05) is 6.61 Å². The minimum atomic E-state index is -0.171. The number of hydrogen-bond acceptors (Lipinski definition) is 2. The number of rotatable bonds is 5. The van der Waals surface area contributed by atoms with Crippen LogP contribution in [0.5, 0.6) is 0 Å². The zero-order valence-corrected chi connectivity index (χ0v) is 8.67. The van der Waals surface area contributed by atoms with Crippen molar-refractivity contribution < 1.29 is 9.84 Å². The van der Waals surface area contributed by atoms with E-state index in [0.717, 1.165) is 19.4 Å². The third kappa shape index (κ3) is 5.27. The van der Waals surface area contributed by atoms with E-state index in [1.165, 1.54) is 32.1 Å². The maximum Gasteiger partial charge on any atom is 0.0575 e. The van der Waals surface area contributed by atoms with Gasteiger partial charge >= 0.3 is 0 Å². The van der Waals surface area contributed by atoms with Crippen molar-refractivity contribution in [2.45, 2.75) is 64.1 Å². The van der Waals surface area contributed by atoms with E-state index in [1.807, 2.05) is 6.92 Å². The third-order valence-corrected chi connectivity index (χ3v) is 2.67. The number of ether oxygens (including phenoxy) is 1. The normalized spacial score (nSPS) is 21.7. The van der Waals surface area contributed by atoms with E-state index in [-0.39, 0.29) is 6.10 Å². The molecule has 0 bridgehead atoms. The fourth-order valence-electron chi connectivity index (χ4n) is 1.86. The van der Waals surface area contributed by atoms with Crippen molar-refractivity contribution in [1.82, 2.24) is 0 Å². The van der Waals surface area contributed by atoms with Crippen molar-refractivity contribution >= 4 is 0 Å². The van der Waals surface area contributed by atoms with Gasteiger partial charge in [-0.05, 0) is 32.6 Å². The van der Waals surface area contributed by atoms with E-state index in [0.29, 0.717) is 6.10 Å². The van der Waals surface area contributed by atoms with Crippen LogP contribution < -0.4 is 0 Å². The molecule has 1 aliphatic carbocycles. The van der Waals surface area contributed by atoms with Crippen LogP contribution in [0.1, 0.15) is 51.9 Å². The molecule has 2 nitrogen and oxygen atoms in total. The summed E-state index contributed by atoms with van der Waals surface area (Å²) in [7, 11) is 0. The van der Waals surface area contributed by atoms with Gasteiger partial charge in [0.2, 0.25) is 0 Å². The third-order valence-electron chi connectivity index (χ3n) is 2.67. The lowest BCUT2D eigenvalue weighted by Crippen LogP contribution is -2.17. The maximum atomic E-state index is 9.03. The molecule has 1 unspecified atom stereocenters. The van der Waals surface area contributed by atoms with E-state index in [1.54, 1.807) is 0 Å². The van der Waals surface area contributed by atoms with E-state index >= 15 is 0 Å². The van der Waals surface area contributed by atoms with Crippen molar-refractivity contribution in [2.75, 3.05) is 6.61 Å². The van der Waals surface area contributed by atoms with Gasteiger partial charge in [-0.25, -0.2) is 0 Å². The van der Waals surface area contributed by atoms with E-state index in [4.69, 9.17) is 9.84 Å². The predicted molar refractivity (Wildman–Crippen MR) is 53.7 cm³/mol. The molecule has 78 valence electrons. The van der Waals surface area contributed by atoms with Crippen LogP contribution in [0.2, 0.25) is 0 Å². The standard InChI is InChI=1S/C11H22O2/c1-10(12)6-5-9-13-11-7-3-2-4-8-11/h10-12H,2-9H2,1H3. The SMILES string of the molecule is CC(O)CCCOC1CCCCC1. The molecule has 0 aromatic rings. The smallest absolute Gasteiger partial charge is 0.0575 e. The Hall–Kier alpha value is -0.0800. The lowest BCUT2D eigenvalue weighted by atomic mass is 9.98. The Balaban J connectivity index is 1.92. The molecule has 1 aliphatic rings. The molecule has 2 heteroatoms. The molecule has 1 rings (SSSR count). The van der Waals surface area contributed by atoms with Gasteiger partial charge < -0.3 is 9.84 Å². The molecule has 0 radical (unpaired) electrons. The number of aliphatic hydroxyl groups excluding tert-OH is 1. The molecule has 0 aromatic carbocycles. The summed E-state index contributed by atoms with van der Waals surface area (Å²) in [6, 6.07) is 0. The summed E-state index contributed by atoms with van der Waals surface area (Å²) in [6.45, 7) is 2.66. The highest BCUT2D eigenvalue weighted by atomic mass is 16.5. The molecule has 0 amide bonds. The van der Waals surface area contributed by atoms with Crippen LogP contribution in [0.4, 0.5) is 0 Å². The first-order valence-electron chi connectivity index (χ1n) is 5.58. The molecular weight excluding hydrogens is 164 g/mol. The molecule has 1 saturated carbocycles. The Morgan fingerprint density at radius 1 is 1.31 bits per heavy atom. The molecule has 1 atom stereocenters. The average molecular weight is 186 g/mol. The molecule has 0 saturated heterocycles. The van der Waals surface area contributed by atoms with Gasteiger partial charge in [-0.3, -0.25) is 0 Å². The van der Waals surface area contributed by atoms with Crippen LogP contribution in [0.25, 0.3) is 0 Å². The summed E-state index contributed by atoms with van der Waals surface area (Å²) in [5, 5.41) is 9.03. The second-order valence-corrected chi connectivity index (χ2v) is 4.12. The fraction of sp³-hybridized carbons (Fsp3) is 1.00. The molecule has 0 heterocycles.